The van der Waals surface area contributed by atoms with E-state index in [1.54, 1.807) is 17.0 Å². The van der Waals surface area contributed by atoms with Crippen molar-refractivity contribution in [2.24, 2.45) is 0 Å². The lowest BCUT2D eigenvalue weighted by Crippen LogP contribution is -2.45. The molecule has 6 heteroatoms. The van der Waals surface area contributed by atoms with E-state index in [0.29, 0.717) is 5.56 Å². The third-order valence-corrected chi connectivity index (χ3v) is 2.92. The number of nitrogens with zero attached hydrogens (tertiary/aromatic N) is 1. The molecule has 0 aliphatic heterocycles. The summed E-state index contributed by atoms with van der Waals surface area (Å²) in [7, 11) is 0. The van der Waals surface area contributed by atoms with Gasteiger partial charge in [0.1, 0.15) is 0 Å². The molecule has 1 aromatic carbocycles. The lowest BCUT2D eigenvalue weighted by atomic mass is 10.1. The molecule has 19 heavy (non-hydrogen) atoms. The van der Waals surface area contributed by atoms with E-state index in [9.17, 15) is 4.79 Å². The molecule has 0 aliphatic carbocycles. The summed E-state index contributed by atoms with van der Waals surface area (Å²) in [4.78, 5) is 13.5. The van der Waals surface area contributed by atoms with Crippen LogP contribution in [0.25, 0.3) is 0 Å². The van der Waals surface area contributed by atoms with Crippen LogP contribution < -0.4 is 5.32 Å². The second-order valence-electron chi connectivity index (χ2n) is 4.06. The molecule has 0 heterocycles. The Kier molecular flexibility index (Phi) is 6.41. The van der Waals surface area contributed by atoms with Crippen LogP contribution in [-0.2, 0) is 0 Å². The number of aryl methyl sites for hydroxylation is 1. The number of aliphatic hydroxyl groups excluding tert-OH is 2. The number of thiocarbonyl (C=S) groups is 1. The maximum absolute atomic E-state index is 11.9. The number of aliphatic hydroxyl groups is 2. The van der Waals surface area contributed by atoms with E-state index >= 15 is 0 Å². The Labute approximate surface area is 117 Å². The van der Waals surface area contributed by atoms with Gasteiger partial charge in [0.2, 0.25) is 0 Å². The van der Waals surface area contributed by atoms with Crippen LogP contribution in [0, 0.1) is 6.92 Å². The van der Waals surface area contributed by atoms with Crippen LogP contribution in [-0.4, -0.2) is 52.4 Å². The molecule has 104 valence electrons. The Bertz CT molecular complexity index is 428. The topological polar surface area (TPSA) is 72.8 Å². The average molecular weight is 282 g/mol. The van der Waals surface area contributed by atoms with E-state index < -0.39 is 0 Å². The summed E-state index contributed by atoms with van der Waals surface area (Å²) >= 11 is 5.08. The molecule has 0 aliphatic rings. The molecule has 0 radical (unpaired) electrons. The molecular formula is C13H18N2O3S. The number of benzene rings is 1. The highest BCUT2D eigenvalue weighted by Gasteiger charge is 2.12. The fraction of sp³-hybridized carbons (Fsp3) is 0.385. The Morgan fingerprint density at radius 3 is 2.21 bits per heavy atom. The first-order chi connectivity index (χ1) is 9.08. The first-order valence-electron chi connectivity index (χ1n) is 5.97. The molecular weight excluding hydrogens is 264 g/mol. The van der Waals surface area contributed by atoms with Crippen LogP contribution in [0.2, 0.25) is 0 Å². The van der Waals surface area contributed by atoms with Gasteiger partial charge >= 0.3 is 0 Å². The molecule has 0 spiro atoms. The lowest BCUT2D eigenvalue weighted by molar-refractivity contribution is 0.0970. The summed E-state index contributed by atoms with van der Waals surface area (Å²) in [6, 6.07) is 7.12. The van der Waals surface area contributed by atoms with Gasteiger partial charge in [0.05, 0.1) is 13.2 Å². The van der Waals surface area contributed by atoms with Crippen molar-refractivity contribution in [1.29, 1.82) is 0 Å². The normalized spacial score (nSPS) is 10.1. The number of hydrogen-bond acceptors (Lipinski definition) is 4. The van der Waals surface area contributed by atoms with Crippen molar-refractivity contribution in [3.05, 3.63) is 35.4 Å². The predicted octanol–water partition coefficient (Wildman–Crippen LogP) is 0.296. The van der Waals surface area contributed by atoms with Gasteiger partial charge in [-0.05, 0) is 31.3 Å². The van der Waals surface area contributed by atoms with Gasteiger partial charge in [-0.2, -0.15) is 0 Å². The smallest absolute Gasteiger partial charge is 0.257 e. The predicted molar refractivity (Wildman–Crippen MR) is 77.0 cm³/mol. The van der Waals surface area contributed by atoms with E-state index in [4.69, 9.17) is 22.4 Å². The zero-order valence-electron chi connectivity index (χ0n) is 10.8. The maximum Gasteiger partial charge on any atom is 0.257 e. The highest BCUT2D eigenvalue weighted by molar-refractivity contribution is 7.80. The van der Waals surface area contributed by atoms with E-state index in [0.717, 1.165) is 5.56 Å². The number of rotatable bonds is 5. The van der Waals surface area contributed by atoms with E-state index in [-0.39, 0.29) is 37.3 Å². The Morgan fingerprint density at radius 1 is 1.21 bits per heavy atom. The average Bonchev–Trinajstić information content (AvgIpc) is 2.39. The first kappa shape index (κ1) is 15.6. The molecule has 5 nitrogen and oxygen atoms in total. The molecule has 0 saturated heterocycles. The van der Waals surface area contributed by atoms with Crippen LogP contribution in [0.5, 0.6) is 0 Å². The second-order valence-corrected chi connectivity index (χ2v) is 4.45. The zero-order chi connectivity index (χ0) is 14.3. The fourth-order valence-corrected chi connectivity index (χ4v) is 1.78. The molecule has 1 aromatic rings. The van der Waals surface area contributed by atoms with Gasteiger partial charge in [0.15, 0.2) is 5.11 Å². The Balaban J connectivity index is 2.64. The Hall–Kier alpha value is -1.50. The second kappa shape index (κ2) is 7.83. The number of nitrogens with one attached hydrogen (secondary N) is 1. The van der Waals surface area contributed by atoms with Gasteiger partial charge in [0, 0.05) is 18.7 Å². The van der Waals surface area contributed by atoms with E-state index in [1.165, 1.54) is 0 Å². The maximum atomic E-state index is 11.9. The summed E-state index contributed by atoms with van der Waals surface area (Å²) < 4.78 is 0. The Morgan fingerprint density at radius 2 is 1.74 bits per heavy atom. The van der Waals surface area contributed by atoms with Crippen molar-refractivity contribution in [1.82, 2.24) is 10.2 Å². The number of carbonyl (C=O) groups excluding carboxylic acids is 1. The van der Waals surface area contributed by atoms with Gasteiger partial charge in [0.25, 0.3) is 5.91 Å². The van der Waals surface area contributed by atoms with Crippen molar-refractivity contribution >= 4 is 23.2 Å². The van der Waals surface area contributed by atoms with Gasteiger partial charge in [-0.15, -0.1) is 0 Å². The summed E-state index contributed by atoms with van der Waals surface area (Å²) in [6.07, 6.45) is 0. The summed E-state index contributed by atoms with van der Waals surface area (Å²) in [6.45, 7) is 2.29. The standard InChI is InChI=1S/C13H18N2O3S/c1-10-2-4-11(5-3-10)12(18)14-13(19)15(6-8-16)7-9-17/h2-5,16-17H,6-9H2,1H3,(H,14,18,19). The zero-order valence-corrected chi connectivity index (χ0v) is 11.6. The number of amides is 1. The van der Waals surface area contributed by atoms with Gasteiger partial charge in [-0.25, -0.2) is 0 Å². The summed E-state index contributed by atoms with van der Waals surface area (Å²) in [5.41, 5.74) is 1.59. The third-order valence-electron chi connectivity index (χ3n) is 2.56. The van der Waals surface area contributed by atoms with E-state index in [2.05, 4.69) is 5.32 Å². The quantitative estimate of drug-likeness (QED) is 0.677. The molecule has 0 aromatic heterocycles. The largest absolute Gasteiger partial charge is 0.395 e. The molecule has 0 fully saturated rings. The van der Waals surface area contributed by atoms with Crippen molar-refractivity contribution in [3.8, 4) is 0 Å². The highest BCUT2D eigenvalue weighted by atomic mass is 32.1. The minimum atomic E-state index is -0.300. The molecule has 0 atom stereocenters. The number of carbonyl (C=O) groups is 1. The molecule has 0 saturated carbocycles. The molecule has 0 bridgehead atoms. The van der Waals surface area contributed by atoms with Crippen LogP contribution in [0.15, 0.2) is 24.3 Å². The minimum absolute atomic E-state index is 0.0967. The fourth-order valence-electron chi connectivity index (χ4n) is 1.51. The van der Waals surface area contributed by atoms with Gasteiger partial charge in [-0.3, -0.25) is 10.1 Å². The highest BCUT2D eigenvalue weighted by Crippen LogP contribution is 2.03. The van der Waals surface area contributed by atoms with Gasteiger partial charge in [-0.1, -0.05) is 17.7 Å². The lowest BCUT2D eigenvalue weighted by Gasteiger charge is -2.23. The molecule has 3 N–H and O–H groups in total. The molecule has 1 amide bonds. The summed E-state index contributed by atoms with van der Waals surface area (Å²) in [5, 5.41) is 20.6. The van der Waals surface area contributed by atoms with Crippen molar-refractivity contribution < 1.29 is 15.0 Å². The first-order valence-corrected chi connectivity index (χ1v) is 6.38. The van der Waals surface area contributed by atoms with Crippen LogP contribution in [0.4, 0.5) is 0 Å². The minimum Gasteiger partial charge on any atom is -0.395 e. The van der Waals surface area contributed by atoms with E-state index in [1.807, 2.05) is 19.1 Å². The van der Waals surface area contributed by atoms with Crippen LogP contribution >= 0.6 is 12.2 Å². The van der Waals surface area contributed by atoms with Crippen molar-refractivity contribution in [2.75, 3.05) is 26.3 Å². The number of hydrogen-bond donors (Lipinski definition) is 3. The SMILES string of the molecule is Cc1ccc(C(=O)NC(=S)N(CCO)CCO)cc1. The van der Waals surface area contributed by atoms with Gasteiger partial charge < -0.3 is 15.1 Å². The van der Waals surface area contributed by atoms with Crippen molar-refractivity contribution in [2.45, 2.75) is 6.92 Å². The molecule has 1 rings (SSSR count). The monoisotopic (exact) mass is 282 g/mol. The van der Waals surface area contributed by atoms with Crippen LogP contribution in [0.1, 0.15) is 15.9 Å². The summed E-state index contributed by atoms with van der Waals surface area (Å²) in [5.74, 6) is -0.300. The molecule has 0 unspecified atom stereocenters. The van der Waals surface area contributed by atoms with Crippen LogP contribution in [0.3, 0.4) is 0 Å². The third kappa shape index (κ3) is 4.94. The van der Waals surface area contributed by atoms with Crippen molar-refractivity contribution in [3.63, 3.8) is 0 Å².